The molecule has 0 unspecified atom stereocenters. The highest BCUT2D eigenvalue weighted by Gasteiger charge is 2.62. The molecule has 2 heterocycles. The number of nitrogens with zero attached hydrogens (tertiary/aromatic N) is 3. The normalized spacial score (nSPS) is 35.9. The molecule has 0 spiro atoms. The van der Waals surface area contributed by atoms with Gasteiger partial charge in [0.25, 0.3) is 5.69 Å². The Morgan fingerprint density at radius 1 is 1.47 bits per heavy atom. The van der Waals surface area contributed by atoms with Gasteiger partial charge in [0.05, 0.1) is 6.42 Å². The van der Waals surface area contributed by atoms with Crippen LogP contribution in [0, 0.1) is 10.4 Å². The largest absolute Gasteiger partial charge is 0.622 e. The van der Waals surface area contributed by atoms with Gasteiger partial charge in [-0.2, -0.15) is 4.74 Å². The number of aliphatic hydroxyl groups is 1. The van der Waals surface area contributed by atoms with Gasteiger partial charge in [-0.05, 0) is 4.90 Å². The molecule has 17 heavy (non-hydrogen) atoms. The monoisotopic (exact) mass is 240 g/mol. The Kier molecular flexibility index (Phi) is 1.71. The molecule has 1 aliphatic heterocycles. The number of hydrogen-bond acceptors (Lipinski definition) is 6. The quantitative estimate of drug-likeness (QED) is 0.418. The van der Waals surface area contributed by atoms with E-state index in [9.17, 15) is 15.5 Å². The maximum Gasteiger partial charge on any atom is 0.263 e. The van der Waals surface area contributed by atoms with Gasteiger partial charge in [0.2, 0.25) is 22.7 Å². The lowest BCUT2D eigenvalue weighted by molar-refractivity contribution is -0.808. The molecule has 92 valence electrons. The van der Waals surface area contributed by atoms with E-state index in [2.05, 4.69) is 9.79 Å². The fourth-order valence-electron chi connectivity index (χ4n) is 2.72. The Labute approximate surface area is 96.1 Å². The van der Waals surface area contributed by atoms with Crippen molar-refractivity contribution in [2.24, 2.45) is 5.73 Å². The Bertz CT molecular complexity index is 535. The van der Waals surface area contributed by atoms with Crippen molar-refractivity contribution < 1.29 is 19.4 Å². The summed E-state index contributed by atoms with van der Waals surface area (Å²) in [5.74, 6) is 0. The summed E-state index contributed by atoms with van der Waals surface area (Å²) in [5, 5.41) is 37.3. The summed E-state index contributed by atoms with van der Waals surface area (Å²) in [6, 6.07) is 0. The zero-order valence-electron chi connectivity index (χ0n) is 9.21. The van der Waals surface area contributed by atoms with E-state index in [1.165, 1.54) is 6.92 Å². The smallest absolute Gasteiger partial charge is 0.263 e. The molecule has 0 fully saturated rings. The van der Waals surface area contributed by atoms with Crippen LogP contribution in [0.15, 0.2) is 4.63 Å². The van der Waals surface area contributed by atoms with Crippen LogP contribution >= 0.6 is 0 Å². The highest BCUT2D eigenvalue weighted by atomic mass is 16.8. The molecule has 8 nitrogen and oxygen atoms in total. The molecule has 3 N–H and O–H groups in total. The standard InChI is InChI=1S/C9H12N4O4/c1-8(10)4-9(14)6(12(8)15)3-2-5-7(9)11-17-13(5)16/h14H,2-4,10H2,1H3/t8-,9+/m1/s1. The van der Waals surface area contributed by atoms with Gasteiger partial charge in [-0.3, -0.25) is 10.4 Å². The minimum absolute atomic E-state index is 0.00162. The van der Waals surface area contributed by atoms with E-state index in [1.54, 1.807) is 0 Å². The third-order valence-corrected chi connectivity index (χ3v) is 3.49. The predicted octanol–water partition coefficient (Wildman–Crippen LogP) is -1.53. The van der Waals surface area contributed by atoms with Crippen LogP contribution in [0.1, 0.15) is 31.2 Å². The first-order valence-electron chi connectivity index (χ1n) is 5.30. The van der Waals surface area contributed by atoms with E-state index < -0.39 is 11.3 Å². The summed E-state index contributed by atoms with van der Waals surface area (Å²) in [7, 11) is 0. The van der Waals surface area contributed by atoms with Gasteiger partial charge >= 0.3 is 0 Å². The summed E-state index contributed by atoms with van der Waals surface area (Å²) >= 11 is 0. The number of hydrogen-bond donors (Lipinski definition) is 2. The molecule has 1 aliphatic carbocycles. The lowest BCUT2D eigenvalue weighted by Gasteiger charge is -2.20. The first-order chi connectivity index (χ1) is 7.86. The van der Waals surface area contributed by atoms with Crippen molar-refractivity contribution in [3.8, 4) is 0 Å². The van der Waals surface area contributed by atoms with Crippen molar-refractivity contribution in [3.05, 3.63) is 21.8 Å². The van der Waals surface area contributed by atoms with Gasteiger partial charge in [0.1, 0.15) is 0 Å². The number of fused-ring (bicyclic) bond motifs is 3. The van der Waals surface area contributed by atoms with E-state index >= 15 is 0 Å². The zero-order valence-corrected chi connectivity index (χ0v) is 9.21. The van der Waals surface area contributed by atoms with E-state index in [0.717, 1.165) is 0 Å². The van der Waals surface area contributed by atoms with E-state index in [1.807, 2.05) is 0 Å². The number of nitrogens with two attached hydrogens (primary N) is 1. The molecule has 0 saturated carbocycles. The Morgan fingerprint density at radius 2 is 2.18 bits per heavy atom. The Hall–Kier alpha value is -1.67. The van der Waals surface area contributed by atoms with Crippen molar-refractivity contribution in [1.29, 1.82) is 0 Å². The minimum Gasteiger partial charge on any atom is -0.622 e. The third-order valence-electron chi connectivity index (χ3n) is 3.49. The molecule has 0 amide bonds. The molecule has 1 aromatic heterocycles. The summed E-state index contributed by atoms with van der Waals surface area (Å²) in [4.78, 5) is 0.269. The molecule has 0 saturated heterocycles. The van der Waals surface area contributed by atoms with Crippen LogP contribution in [0.4, 0.5) is 0 Å². The molecule has 8 heteroatoms. The highest BCUT2D eigenvalue weighted by molar-refractivity contribution is 5.92. The van der Waals surface area contributed by atoms with Gasteiger partial charge in [0, 0.05) is 24.9 Å². The van der Waals surface area contributed by atoms with Crippen LogP contribution in [-0.2, 0) is 12.0 Å². The molecule has 3 rings (SSSR count). The first kappa shape index (κ1) is 10.5. The number of aromatic nitrogens is 2. The van der Waals surface area contributed by atoms with Crippen LogP contribution in [0.5, 0.6) is 0 Å². The maximum atomic E-state index is 11.9. The molecular weight excluding hydrogens is 228 g/mol. The fraction of sp³-hybridized carbons (Fsp3) is 0.667. The van der Waals surface area contributed by atoms with Gasteiger partial charge in [-0.1, -0.05) is 0 Å². The first-order valence-corrected chi connectivity index (χ1v) is 5.30. The molecule has 0 radical (unpaired) electrons. The lowest BCUT2D eigenvalue weighted by Crippen LogP contribution is -2.44. The van der Waals surface area contributed by atoms with Gasteiger partial charge < -0.3 is 15.5 Å². The van der Waals surface area contributed by atoms with Crippen LogP contribution in [0.25, 0.3) is 0 Å². The second-order valence-electron chi connectivity index (χ2n) is 4.86. The van der Waals surface area contributed by atoms with Crippen LogP contribution < -0.4 is 10.6 Å². The number of hydroxylamine groups is 1. The average Bonchev–Trinajstić information content (AvgIpc) is 2.67. The average molecular weight is 240 g/mol. The van der Waals surface area contributed by atoms with Crippen molar-refractivity contribution in [2.75, 3.05) is 0 Å². The maximum absolute atomic E-state index is 11.9. The summed E-state index contributed by atoms with van der Waals surface area (Å²) in [6.45, 7) is 1.54. The second kappa shape index (κ2) is 2.77. The van der Waals surface area contributed by atoms with Gasteiger partial charge in [0.15, 0.2) is 0 Å². The van der Waals surface area contributed by atoms with Crippen LogP contribution in [-0.4, -0.2) is 26.4 Å². The van der Waals surface area contributed by atoms with E-state index in [0.29, 0.717) is 11.2 Å². The number of rotatable bonds is 0. The lowest BCUT2D eigenvalue weighted by atomic mass is 9.81. The summed E-state index contributed by atoms with van der Waals surface area (Å²) in [6.07, 6.45) is 0.594. The van der Waals surface area contributed by atoms with Crippen LogP contribution in [0.2, 0.25) is 0 Å². The Morgan fingerprint density at radius 3 is 2.88 bits per heavy atom. The Balaban J connectivity index is 2.22. The third kappa shape index (κ3) is 1.11. The predicted molar refractivity (Wildman–Crippen MR) is 53.5 cm³/mol. The molecule has 0 bridgehead atoms. The van der Waals surface area contributed by atoms with Crippen molar-refractivity contribution in [3.63, 3.8) is 0 Å². The molecule has 2 atom stereocenters. The van der Waals surface area contributed by atoms with Gasteiger partial charge in [-0.25, -0.2) is 0 Å². The molecular formula is C9H12N4O4. The second-order valence-corrected chi connectivity index (χ2v) is 4.86. The van der Waals surface area contributed by atoms with E-state index in [4.69, 9.17) is 5.73 Å². The SMILES string of the molecule is C[C@]1(N)C[C@]2(O)C(=[N+]1[O-])CCc1c2no[n+]1[O-]. The van der Waals surface area contributed by atoms with E-state index in [-0.39, 0.29) is 34.8 Å². The fourth-order valence-corrected chi connectivity index (χ4v) is 2.72. The zero-order chi connectivity index (χ0) is 12.4. The minimum atomic E-state index is -1.57. The summed E-state index contributed by atoms with van der Waals surface area (Å²) < 4.78 is 5.10. The van der Waals surface area contributed by atoms with Crippen molar-refractivity contribution >= 4 is 5.71 Å². The van der Waals surface area contributed by atoms with Gasteiger partial charge in [-0.15, -0.1) is 0 Å². The van der Waals surface area contributed by atoms with Crippen molar-refractivity contribution in [1.82, 2.24) is 5.16 Å². The summed E-state index contributed by atoms with van der Waals surface area (Å²) in [5.41, 5.74) is 3.69. The molecule has 1 aromatic rings. The molecule has 2 aliphatic rings. The molecule has 0 aromatic carbocycles. The highest BCUT2D eigenvalue weighted by Crippen LogP contribution is 2.41. The van der Waals surface area contributed by atoms with Crippen molar-refractivity contribution in [2.45, 2.75) is 37.5 Å². The topological polar surface area (TPSA) is 125 Å². The van der Waals surface area contributed by atoms with Crippen LogP contribution in [0.3, 0.4) is 0 Å².